The van der Waals surface area contributed by atoms with E-state index in [1.165, 1.54) is 24.4 Å². The van der Waals surface area contributed by atoms with Crippen LogP contribution in [0.5, 0.6) is 0 Å². The van der Waals surface area contributed by atoms with Crippen molar-refractivity contribution in [1.82, 2.24) is 4.98 Å². The maximum absolute atomic E-state index is 12.5. The Morgan fingerprint density at radius 1 is 1.21 bits per heavy atom. The molecule has 0 spiro atoms. The molecule has 1 heterocycles. The van der Waals surface area contributed by atoms with Gasteiger partial charge in [0.25, 0.3) is 5.91 Å². The summed E-state index contributed by atoms with van der Waals surface area (Å²) in [5.41, 5.74) is 0.352. The molecule has 8 heteroatoms. The number of alkyl halides is 3. The smallest absolute Gasteiger partial charge is 0.373 e. The number of nitrogens with one attached hydrogen (secondary N) is 3. The van der Waals surface area contributed by atoms with Gasteiger partial charge in [0, 0.05) is 30.2 Å². The molecule has 0 unspecified atom stereocenters. The molecule has 126 valence electrons. The third-order valence-electron chi connectivity index (χ3n) is 3.26. The third-order valence-corrected chi connectivity index (χ3v) is 3.26. The molecule has 5 nitrogen and oxygen atoms in total. The molecule has 0 aliphatic heterocycles. The lowest BCUT2D eigenvalue weighted by atomic mass is 10.1. The zero-order valence-corrected chi connectivity index (χ0v) is 13.0. The zero-order chi connectivity index (χ0) is 17.9. The van der Waals surface area contributed by atoms with Crippen LogP contribution in [0.25, 0.3) is 0 Å². The van der Waals surface area contributed by atoms with Crippen LogP contribution >= 0.6 is 0 Å². The number of halogens is 3. The minimum absolute atomic E-state index is 0.204. The van der Waals surface area contributed by atoms with Crippen LogP contribution in [0.15, 0.2) is 36.5 Å². The number of carbonyl (C=O) groups is 1. The summed E-state index contributed by atoms with van der Waals surface area (Å²) in [6.07, 6.45) is -3.09. The van der Waals surface area contributed by atoms with Gasteiger partial charge in [0.2, 0.25) is 0 Å². The van der Waals surface area contributed by atoms with E-state index in [1.54, 1.807) is 14.0 Å². The SMILES string of the molecule is CNc1ncc(C(=O)Nc2ccc(C(F)(F)F)cc2)cc1C(C)=N. The van der Waals surface area contributed by atoms with Crippen LogP contribution in [0, 0.1) is 5.41 Å². The number of benzene rings is 1. The van der Waals surface area contributed by atoms with Gasteiger partial charge in [0.15, 0.2) is 0 Å². The number of aromatic nitrogens is 1. The molecule has 0 atom stereocenters. The number of anilines is 2. The Morgan fingerprint density at radius 2 is 1.83 bits per heavy atom. The van der Waals surface area contributed by atoms with Gasteiger partial charge in [-0.3, -0.25) is 4.79 Å². The summed E-state index contributed by atoms with van der Waals surface area (Å²) in [6.45, 7) is 1.56. The van der Waals surface area contributed by atoms with Crippen molar-refractivity contribution in [2.45, 2.75) is 13.1 Å². The van der Waals surface area contributed by atoms with Gasteiger partial charge in [-0.05, 0) is 37.3 Å². The maximum atomic E-state index is 12.5. The fraction of sp³-hybridized carbons (Fsp3) is 0.188. The summed E-state index contributed by atoms with van der Waals surface area (Å²) in [7, 11) is 1.65. The van der Waals surface area contributed by atoms with Crippen LogP contribution in [0.4, 0.5) is 24.7 Å². The van der Waals surface area contributed by atoms with Crippen molar-refractivity contribution in [3.05, 3.63) is 53.2 Å². The second-order valence-corrected chi connectivity index (χ2v) is 5.02. The Hall–Kier alpha value is -2.90. The van der Waals surface area contributed by atoms with E-state index in [9.17, 15) is 18.0 Å². The molecule has 0 aliphatic carbocycles. The van der Waals surface area contributed by atoms with Crippen molar-refractivity contribution >= 4 is 23.1 Å². The molecule has 0 radical (unpaired) electrons. The summed E-state index contributed by atoms with van der Waals surface area (Å²) in [5.74, 6) is -0.0546. The number of pyridine rings is 1. The normalized spacial score (nSPS) is 11.0. The van der Waals surface area contributed by atoms with Gasteiger partial charge in [-0.15, -0.1) is 0 Å². The summed E-state index contributed by atoms with van der Waals surface area (Å²) in [6, 6.07) is 5.65. The van der Waals surface area contributed by atoms with Crippen LogP contribution in [0.2, 0.25) is 0 Å². The minimum atomic E-state index is -4.42. The second kappa shape index (κ2) is 6.69. The largest absolute Gasteiger partial charge is 0.416 e. The predicted molar refractivity (Wildman–Crippen MR) is 85.7 cm³/mol. The molecule has 2 aromatic rings. The van der Waals surface area contributed by atoms with E-state index in [1.807, 2.05) is 0 Å². The minimum Gasteiger partial charge on any atom is -0.373 e. The maximum Gasteiger partial charge on any atom is 0.416 e. The fourth-order valence-corrected chi connectivity index (χ4v) is 2.02. The number of amides is 1. The third kappa shape index (κ3) is 3.89. The lowest BCUT2D eigenvalue weighted by Crippen LogP contribution is -2.14. The highest BCUT2D eigenvalue weighted by atomic mass is 19.4. The molecule has 3 N–H and O–H groups in total. The van der Waals surface area contributed by atoms with E-state index in [0.29, 0.717) is 11.4 Å². The molecule has 0 aliphatic rings. The number of rotatable bonds is 4. The van der Waals surface area contributed by atoms with Gasteiger partial charge < -0.3 is 16.0 Å². The van der Waals surface area contributed by atoms with Crippen LogP contribution in [-0.2, 0) is 6.18 Å². The molecule has 0 saturated carbocycles. The van der Waals surface area contributed by atoms with Crippen LogP contribution in [-0.4, -0.2) is 23.7 Å². The van der Waals surface area contributed by atoms with Crippen LogP contribution in [0.1, 0.15) is 28.4 Å². The summed E-state index contributed by atoms with van der Waals surface area (Å²) >= 11 is 0. The highest BCUT2D eigenvalue weighted by Crippen LogP contribution is 2.29. The average Bonchev–Trinajstić information content (AvgIpc) is 2.53. The van der Waals surface area contributed by atoms with Gasteiger partial charge in [-0.25, -0.2) is 4.98 Å². The van der Waals surface area contributed by atoms with E-state index < -0.39 is 17.6 Å². The standard InChI is InChI=1S/C16H15F3N4O/c1-9(20)13-7-10(8-22-14(13)21-2)15(24)23-12-5-3-11(4-6-12)16(17,18)19/h3-8,20H,1-2H3,(H,21,22)(H,23,24). The van der Waals surface area contributed by atoms with E-state index in [2.05, 4.69) is 15.6 Å². The Bertz CT molecular complexity index is 770. The Balaban J connectivity index is 2.21. The first-order valence-corrected chi connectivity index (χ1v) is 6.94. The number of hydrogen-bond acceptors (Lipinski definition) is 4. The Morgan fingerprint density at radius 3 is 2.33 bits per heavy atom. The first-order valence-electron chi connectivity index (χ1n) is 6.94. The number of hydrogen-bond donors (Lipinski definition) is 3. The van der Waals surface area contributed by atoms with Gasteiger partial charge in [0.1, 0.15) is 5.82 Å². The monoisotopic (exact) mass is 336 g/mol. The van der Waals surface area contributed by atoms with Gasteiger partial charge in [-0.2, -0.15) is 13.2 Å². The molecule has 1 aromatic carbocycles. The molecule has 0 bridgehead atoms. The highest BCUT2D eigenvalue weighted by Gasteiger charge is 2.30. The van der Waals surface area contributed by atoms with Crippen molar-refractivity contribution in [3.63, 3.8) is 0 Å². The van der Waals surface area contributed by atoms with Crippen molar-refractivity contribution in [3.8, 4) is 0 Å². The Kier molecular flexibility index (Phi) is 4.87. The first kappa shape index (κ1) is 17.5. The van der Waals surface area contributed by atoms with Crippen molar-refractivity contribution in [2.75, 3.05) is 17.7 Å². The highest BCUT2D eigenvalue weighted by molar-refractivity contribution is 6.07. The zero-order valence-electron chi connectivity index (χ0n) is 13.0. The van der Waals surface area contributed by atoms with Crippen LogP contribution < -0.4 is 10.6 Å². The molecular formula is C16H15F3N4O. The summed E-state index contributed by atoms with van der Waals surface area (Å²) in [4.78, 5) is 16.3. The lowest BCUT2D eigenvalue weighted by Gasteiger charge is -2.11. The lowest BCUT2D eigenvalue weighted by molar-refractivity contribution is -0.137. The summed E-state index contributed by atoms with van der Waals surface area (Å²) in [5, 5.41) is 13.0. The fourth-order valence-electron chi connectivity index (χ4n) is 2.02. The molecule has 0 saturated heterocycles. The predicted octanol–water partition coefficient (Wildman–Crippen LogP) is 3.78. The number of nitrogens with zero attached hydrogens (tertiary/aromatic N) is 1. The van der Waals surface area contributed by atoms with E-state index in [-0.39, 0.29) is 17.0 Å². The van der Waals surface area contributed by atoms with Crippen LogP contribution in [0.3, 0.4) is 0 Å². The van der Waals surface area contributed by atoms with Crippen molar-refractivity contribution in [2.24, 2.45) is 0 Å². The van der Waals surface area contributed by atoms with Crippen molar-refractivity contribution < 1.29 is 18.0 Å². The Labute approximate surface area is 136 Å². The molecule has 1 aromatic heterocycles. The number of carbonyl (C=O) groups excluding carboxylic acids is 1. The van der Waals surface area contributed by atoms with E-state index in [4.69, 9.17) is 5.41 Å². The van der Waals surface area contributed by atoms with Gasteiger partial charge in [0.05, 0.1) is 11.1 Å². The summed E-state index contributed by atoms with van der Waals surface area (Å²) < 4.78 is 37.6. The van der Waals surface area contributed by atoms with Crippen molar-refractivity contribution in [1.29, 1.82) is 5.41 Å². The molecule has 1 amide bonds. The topological polar surface area (TPSA) is 77.9 Å². The van der Waals surface area contributed by atoms with E-state index >= 15 is 0 Å². The van der Waals surface area contributed by atoms with E-state index in [0.717, 1.165) is 12.1 Å². The first-order chi connectivity index (χ1) is 11.2. The second-order valence-electron chi connectivity index (χ2n) is 5.02. The van der Waals surface area contributed by atoms with Gasteiger partial charge >= 0.3 is 6.18 Å². The molecule has 24 heavy (non-hydrogen) atoms. The molecule has 0 fully saturated rings. The average molecular weight is 336 g/mol. The molecule has 2 rings (SSSR count). The van der Waals surface area contributed by atoms with Gasteiger partial charge in [-0.1, -0.05) is 0 Å². The quantitative estimate of drug-likeness (QED) is 0.744. The molecular weight excluding hydrogens is 321 g/mol.